The van der Waals surface area contributed by atoms with Crippen molar-refractivity contribution in [2.75, 3.05) is 0 Å². The van der Waals surface area contributed by atoms with Crippen LogP contribution in [0.15, 0.2) is 41.1 Å². The molecule has 1 heterocycles. The lowest BCUT2D eigenvalue weighted by molar-refractivity contribution is 0.220. The van der Waals surface area contributed by atoms with Gasteiger partial charge in [0.05, 0.1) is 6.20 Å². The molecule has 0 radical (unpaired) electrons. The van der Waals surface area contributed by atoms with Crippen LogP contribution in [-0.4, -0.2) is 15.3 Å². The van der Waals surface area contributed by atoms with Crippen molar-refractivity contribution in [1.29, 1.82) is 0 Å². The standard InChI is InChI=1S/C10H9BrN2O/c11-9-3-1-2-7(4-9)10(14)8-5-12-13-6-8/h1-6,10,14H,(H,12,13). The van der Waals surface area contributed by atoms with Gasteiger partial charge in [0.2, 0.25) is 0 Å². The lowest BCUT2D eigenvalue weighted by Crippen LogP contribution is -1.97. The Bertz CT molecular complexity index is 414. The zero-order chi connectivity index (χ0) is 9.97. The molecule has 0 fully saturated rings. The summed E-state index contributed by atoms with van der Waals surface area (Å²) in [6.45, 7) is 0. The number of nitrogens with one attached hydrogen (secondary N) is 1. The minimum Gasteiger partial charge on any atom is -0.384 e. The van der Waals surface area contributed by atoms with E-state index < -0.39 is 6.10 Å². The summed E-state index contributed by atoms with van der Waals surface area (Å²) in [6.07, 6.45) is 2.68. The first-order valence-corrected chi connectivity index (χ1v) is 4.99. The van der Waals surface area contributed by atoms with Gasteiger partial charge in [0, 0.05) is 16.2 Å². The number of H-pyrrole nitrogens is 1. The van der Waals surface area contributed by atoms with Crippen LogP contribution in [0.5, 0.6) is 0 Å². The highest BCUT2D eigenvalue weighted by Gasteiger charge is 2.10. The number of hydrogen-bond donors (Lipinski definition) is 2. The van der Waals surface area contributed by atoms with E-state index in [0.29, 0.717) is 0 Å². The van der Waals surface area contributed by atoms with Crippen LogP contribution in [0, 0.1) is 0 Å². The van der Waals surface area contributed by atoms with Gasteiger partial charge in [-0.3, -0.25) is 5.10 Å². The van der Waals surface area contributed by atoms with E-state index in [1.165, 1.54) is 0 Å². The van der Waals surface area contributed by atoms with Gasteiger partial charge in [0.15, 0.2) is 0 Å². The first-order valence-electron chi connectivity index (χ1n) is 4.19. The first-order chi connectivity index (χ1) is 6.77. The largest absolute Gasteiger partial charge is 0.384 e. The molecule has 14 heavy (non-hydrogen) atoms. The predicted molar refractivity (Wildman–Crippen MR) is 56.8 cm³/mol. The Hall–Kier alpha value is -1.13. The molecular formula is C10H9BrN2O. The number of hydrogen-bond acceptors (Lipinski definition) is 2. The predicted octanol–water partition coefficient (Wildman–Crippen LogP) is 2.25. The fourth-order valence-electron chi connectivity index (χ4n) is 1.28. The number of aromatic nitrogens is 2. The van der Waals surface area contributed by atoms with E-state index in [2.05, 4.69) is 26.1 Å². The van der Waals surface area contributed by atoms with E-state index in [0.717, 1.165) is 15.6 Å². The minimum atomic E-state index is -0.619. The molecule has 0 aliphatic carbocycles. The minimum absolute atomic E-state index is 0.619. The molecular weight excluding hydrogens is 244 g/mol. The van der Waals surface area contributed by atoms with Crippen molar-refractivity contribution in [1.82, 2.24) is 10.2 Å². The van der Waals surface area contributed by atoms with Gasteiger partial charge in [-0.2, -0.15) is 5.10 Å². The molecule has 72 valence electrons. The Kier molecular flexibility index (Phi) is 2.65. The second-order valence-corrected chi connectivity index (χ2v) is 3.90. The molecule has 1 aromatic carbocycles. The van der Waals surface area contributed by atoms with Crippen LogP contribution in [0.4, 0.5) is 0 Å². The highest BCUT2D eigenvalue weighted by atomic mass is 79.9. The molecule has 0 saturated heterocycles. The summed E-state index contributed by atoms with van der Waals surface area (Å²) in [5.74, 6) is 0. The fourth-order valence-corrected chi connectivity index (χ4v) is 1.70. The third kappa shape index (κ3) is 1.86. The molecule has 2 N–H and O–H groups in total. The van der Waals surface area contributed by atoms with Crippen LogP contribution in [0.25, 0.3) is 0 Å². The van der Waals surface area contributed by atoms with Gasteiger partial charge in [-0.15, -0.1) is 0 Å². The van der Waals surface area contributed by atoms with Crippen LogP contribution >= 0.6 is 15.9 Å². The van der Waals surface area contributed by atoms with Crippen molar-refractivity contribution >= 4 is 15.9 Å². The molecule has 2 rings (SSSR count). The van der Waals surface area contributed by atoms with E-state index in [1.54, 1.807) is 12.4 Å². The van der Waals surface area contributed by atoms with Crippen molar-refractivity contribution in [2.45, 2.75) is 6.10 Å². The second-order valence-electron chi connectivity index (χ2n) is 2.99. The topological polar surface area (TPSA) is 48.9 Å². The quantitative estimate of drug-likeness (QED) is 0.862. The van der Waals surface area contributed by atoms with Gasteiger partial charge in [-0.25, -0.2) is 0 Å². The highest BCUT2D eigenvalue weighted by Crippen LogP contribution is 2.23. The second kappa shape index (κ2) is 3.94. The molecule has 0 bridgehead atoms. The molecule has 4 heteroatoms. The van der Waals surface area contributed by atoms with Gasteiger partial charge in [0.1, 0.15) is 6.10 Å². The Morgan fingerprint density at radius 3 is 2.86 bits per heavy atom. The highest BCUT2D eigenvalue weighted by molar-refractivity contribution is 9.10. The Morgan fingerprint density at radius 2 is 2.21 bits per heavy atom. The van der Waals surface area contributed by atoms with E-state index in [1.807, 2.05) is 24.3 Å². The maximum Gasteiger partial charge on any atom is 0.107 e. The lowest BCUT2D eigenvalue weighted by Gasteiger charge is -2.08. The van der Waals surface area contributed by atoms with Gasteiger partial charge < -0.3 is 5.11 Å². The molecule has 0 saturated carbocycles. The van der Waals surface area contributed by atoms with Crippen LogP contribution in [-0.2, 0) is 0 Å². The Labute approximate surface area is 89.9 Å². The third-order valence-electron chi connectivity index (χ3n) is 2.00. The maximum atomic E-state index is 9.92. The van der Waals surface area contributed by atoms with Gasteiger partial charge in [-0.1, -0.05) is 28.1 Å². The molecule has 1 aromatic heterocycles. The summed E-state index contributed by atoms with van der Waals surface area (Å²) in [5, 5.41) is 16.4. The fraction of sp³-hybridized carbons (Fsp3) is 0.100. The number of rotatable bonds is 2. The van der Waals surface area contributed by atoms with E-state index >= 15 is 0 Å². The summed E-state index contributed by atoms with van der Waals surface area (Å²) in [5.41, 5.74) is 1.61. The third-order valence-corrected chi connectivity index (χ3v) is 2.49. The molecule has 0 spiro atoms. The normalized spacial score (nSPS) is 12.7. The molecule has 1 unspecified atom stereocenters. The molecule has 1 atom stereocenters. The van der Waals surface area contributed by atoms with Crippen LogP contribution in [0.1, 0.15) is 17.2 Å². The average Bonchev–Trinajstić information content (AvgIpc) is 2.69. The smallest absolute Gasteiger partial charge is 0.107 e. The van der Waals surface area contributed by atoms with Crippen molar-refractivity contribution in [3.63, 3.8) is 0 Å². The summed E-state index contributed by atoms with van der Waals surface area (Å²) in [4.78, 5) is 0. The van der Waals surface area contributed by atoms with Gasteiger partial charge >= 0.3 is 0 Å². The first kappa shape index (κ1) is 9.43. The SMILES string of the molecule is OC(c1cn[nH]c1)c1cccc(Br)c1. The lowest BCUT2D eigenvalue weighted by atomic mass is 10.1. The number of aromatic amines is 1. The van der Waals surface area contributed by atoms with Crippen molar-refractivity contribution in [2.24, 2.45) is 0 Å². The monoisotopic (exact) mass is 252 g/mol. The molecule has 0 aliphatic rings. The van der Waals surface area contributed by atoms with E-state index in [9.17, 15) is 5.11 Å². The number of aliphatic hydroxyl groups is 1. The van der Waals surface area contributed by atoms with Gasteiger partial charge in [-0.05, 0) is 17.7 Å². The summed E-state index contributed by atoms with van der Waals surface area (Å²) in [6, 6.07) is 7.58. The zero-order valence-corrected chi connectivity index (χ0v) is 8.90. The molecule has 0 aliphatic heterocycles. The number of nitrogens with zero attached hydrogens (tertiary/aromatic N) is 1. The maximum absolute atomic E-state index is 9.92. The van der Waals surface area contributed by atoms with Crippen LogP contribution in [0.3, 0.4) is 0 Å². The summed E-state index contributed by atoms with van der Waals surface area (Å²) >= 11 is 3.36. The van der Waals surface area contributed by atoms with Crippen molar-refractivity contribution < 1.29 is 5.11 Å². The zero-order valence-electron chi connectivity index (χ0n) is 7.31. The number of halogens is 1. The molecule has 0 amide bonds. The number of benzene rings is 1. The molecule has 3 nitrogen and oxygen atoms in total. The van der Waals surface area contributed by atoms with E-state index in [4.69, 9.17) is 0 Å². The van der Waals surface area contributed by atoms with Gasteiger partial charge in [0.25, 0.3) is 0 Å². The van der Waals surface area contributed by atoms with Crippen molar-refractivity contribution in [3.05, 3.63) is 52.3 Å². The number of aliphatic hydroxyl groups excluding tert-OH is 1. The Balaban J connectivity index is 2.32. The summed E-state index contributed by atoms with van der Waals surface area (Å²) in [7, 11) is 0. The van der Waals surface area contributed by atoms with Crippen LogP contribution < -0.4 is 0 Å². The molecule has 2 aromatic rings. The Morgan fingerprint density at radius 1 is 1.36 bits per heavy atom. The van der Waals surface area contributed by atoms with E-state index in [-0.39, 0.29) is 0 Å². The van der Waals surface area contributed by atoms with Crippen molar-refractivity contribution in [3.8, 4) is 0 Å². The summed E-state index contributed by atoms with van der Waals surface area (Å²) < 4.78 is 0.956. The average molecular weight is 253 g/mol. The van der Waals surface area contributed by atoms with Crippen LogP contribution in [0.2, 0.25) is 0 Å².